The van der Waals surface area contributed by atoms with Gasteiger partial charge in [0.2, 0.25) is 6.41 Å². The fraction of sp³-hybridized carbons (Fsp3) is 0.462. The Hall–Kier alpha value is -1.39. The molecule has 4 nitrogen and oxygen atoms in total. The maximum atomic E-state index is 10.2. The molecule has 17 heavy (non-hydrogen) atoms. The zero-order chi connectivity index (χ0) is 11.9. The third-order valence-corrected chi connectivity index (χ3v) is 2.92. The second-order valence-corrected chi connectivity index (χ2v) is 4.20. The number of rotatable bonds is 5. The zero-order valence-electron chi connectivity index (χ0n) is 9.89. The Labute approximate surface area is 102 Å². The number of hydrogen-bond acceptors (Lipinski definition) is 3. The van der Waals surface area contributed by atoms with Gasteiger partial charge in [-0.3, -0.25) is 9.69 Å². The maximum absolute atomic E-state index is 10.2. The number of nitrogens with zero attached hydrogens (tertiary/aromatic N) is 1. The standard InChI is InChI=1S/C13H18N2O2/c16-11-14-9-12-1-3-13(4-2-12)10-15-5-7-17-8-6-15/h1-4,11H,5-10H2,(H,14,16). The Morgan fingerprint density at radius 3 is 2.47 bits per heavy atom. The summed E-state index contributed by atoms with van der Waals surface area (Å²) in [4.78, 5) is 12.6. The molecule has 0 saturated carbocycles. The Morgan fingerprint density at radius 2 is 1.82 bits per heavy atom. The first-order chi connectivity index (χ1) is 8.38. The normalized spacial score (nSPS) is 16.7. The Balaban J connectivity index is 1.86. The van der Waals surface area contributed by atoms with Crippen LogP contribution in [0.15, 0.2) is 24.3 Å². The van der Waals surface area contributed by atoms with E-state index >= 15 is 0 Å². The van der Waals surface area contributed by atoms with Crippen molar-refractivity contribution in [2.24, 2.45) is 0 Å². The topological polar surface area (TPSA) is 41.6 Å². The molecule has 1 aromatic rings. The van der Waals surface area contributed by atoms with E-state index in [1.54, 1.807) is 0 Å². The molecule has 0 atom stereocenters. The molecule has 92 valence electrons. The Bertz CT molecular complexity index is 345. The first-order valence-electron chi connectivity index (χ1n) is 5.93. The highest BCUT2D eigenvalue weighted by atomic mass is 16.5. The van der Waals surface area contributed by atoms with Crippen molar-refractivity contribution in [1.82, 2.24) is 10.2 Å². The van der Waals surface area contributed by atoms with Crippen LogP contribution >= 0.6 is 0 Å². The Morgan fingerprint density at radius 1 is 1.18 bits per heavy atom. The van der Waals surface area contributed by atoms with Crippen molar-refractivity contribution < 1.29 is 9.53 Å². The summed E-state index contributed by atoms with van der Waals surface area (Å²) in [6.07, 6.45) is 0.724. The molecule has 0 bridgehead atoms. The van der Waals surface area contributed by atoms with E-state index in [0.29, 0.717) is 6.54 Å². The molecule has 1 heterocycles. The van der Waals surface area contributed by atoms with Gasteiger partial charge in [0.25, 0.3) is 0 Å². The van der Waals surface area contributed by atoms with Gasteiger partial charge < -0.3 is 10.1 Å². The van der Waals surface area contributed by atoms with Gasteiger partial charge >= 0.3 is 0 Å². The van der Waals surface area contributed by atoms with Gasteiger partial charge in [0.05, 0.1) is 13.2 Å². The van der Waals surface area contributed by atoms with Crippen molar-refractivity contribution in [1.29, 1.82) is 0 Å². The number of amides is 1. The molecule has 1 N–H and O–H groups in total. The maximum Gasteiger partial charge on any atom is 0.207 e. The quantitative estimate of drug-likeness (QED) is 0.765. The van der Waals surface area contributed by atoms with Crippen molar-refractivity contribution in [3.8, 4) is 0 Å². The zero-order valence-corrected chi connectivity index (χ0v) is 9.89. The third-order valence-electron chi connectivity index (χ3n) is 2.92. The fourth-order valence-corrected chi connectivity index (χ4v) is 1.94. The summed E-state index contributed by atoms with van der Waals surface area (Å²) >= 11 is 0. The molecule has 0 radical (unpaired) electrons. The average molecular weight is 234 g/mol. The van der Waals surface area contributed by atoms with Gasteiger partial charge in [0, 0.05) is 26.2 Å². The lowest BCUT2D eigenvalue weighted by atomic mass is 10.1. The minimum Gasteiger partial charge on any atom is -0.379 e. The van der Waals surface area contributed by atoms with Gasteiger partial charge in [-0.05, 0) is 11.1 Å². The van der Waals surface area contributed by atoms with Crippen LogP contribution in [0.4, 0.5) is 0 Å². The summed E-state index contributed by atoms with van der Waals surface area (Å²) in [5.41, 5.74) is 2.43. The second-order valence-electron chi connectivity index (χ2n) is 4.20. The summed E-state index contributed by atoms with van der Waals surface area (Å²) < 4.78 is 5.32. The molecule has 2 rings (SSSR count). The van der Waals surface area contributed by atoms with Gasteiger partial charge in [0.1, 0.15) is 0 Å². The van der Waals surface area contributed by atoms with Crippen LogP contribution in [0.25, 0.3) is 0 Å². The van der Waals surface area contributed by atoms with E-state index in [0.717, 1.165) is 44.8 Å². The van der Waals surface area contributed by atoms with Gasteiger partial charge in [-0.25, -0.2) is 0 Å². The molecule has 1 aliphatic rings. The molecule has 0 aliphatic carbocycles. The lowest BCUT2D eigenvalue weighted by molar-refractivity contribution is -0.109. The third kappa shape index (κ3) is 3.84. The fourth-order valence-electron chi connectivity index (χ4n) is 1.94. The SMILES string of the molecule is O=CNCc1ccc(CN2CCOCC2)cc1. The first-order valence-corrected chi connectivity index (χ1v) is 5.93. The predicted molar refractivity (Wildman–Crippen MR) is 65.4 cm³/mol. The van der Waals surface area contributed by atoms with Crippen LogP contribution in [0.3, 0.4) is 0 Å². The van der Waals surface area contributed by atoms with E-state index in [1.165, 1.54) is 5.56 Å². The lowest BCUT2D eigenvalue weighted by Crippen LogP contribution is -2.35. The van der Waals surface area contributed by atoms with Crippen molar-refractivity contribution >= 4 is 6.41 Å². The van der Waals surface area contributed by atoms with Crippen molar-refractivity contribution in [3.05, 3.63) is 35.4 Å². The number of morpholine rings is 1. The minimum atomic E-state index is 0.599. The molecule has 1 aromatic carbocycles. The smallest absolute Gasteiger partial charge is 0.207 e. The monoisotopic (exact) mass is 234 g/mol. The molecular weight excluding hydrogens is 216 g/mol. The van der Waals surface area contributed by atoms with Crippen LogP contribution in [0.5, 0.6) is 0 Å². The molecular formula is C13H18N2O2. The first kappa shape index (κ1) is 12.1. The number of carbonyl (C=O) groups excluding carboxylic acids is 1. The minimum absolute atomic E-state index is 0.599. The van der Waals surface area contributed by atoms with Crippen LogP contribution in [0, 0.1) is 0 Å². The van der Waals surface area contributed by atoms with Crippen LogP contribution < -0.4 is 5.32 Å². The summed E-state index contributed by atoms with van der Waals surface area (Å²) in [5.74, 6) is 0. The van der Waals surface area contributed by atoms with Crippen LogP contribution in [-0.4, -0.2) is 37.6 Å². The molecule has 0 aromatic heterocycles. The number of hydrogen-bond donors (Lipinski definition) is 1. The highest BCUT2D eigenvalue weighted by Gasteiger charge is 2.10. The van der Waals surface area contributed by atoms with Crippen molar-refractivity contribution in [2.45, 2.75) is 13.1 Å². The highest BCUT2D eigenvalue weighted by molar-refractivity contribution is 5.46. The summed E-state index contributed by atoms with van der Waals surface area (Å²) in [7, 11) is 0. The van der Waals surface area contributed by atoms with Gasteiger partial charge in [-0.1, -0.05) is 24.3 Å². The van der Waals surface area contributed by atoms with Gasteiger partial charge in [-0.15, -0.1) is 0 Å². The summed E-state index contributed by atoms with van der Waals surface area (Å²) in [6.45, 7) is 5.26. The van der Waals surface area contributed by atoms with Crippen LogP contribution in [0.2, 0.25) is 0 Å². The van der Waals surface area contributed by atoms with Gasteiger partial charge in [-0.2, -0.15) is 0 Å². The Kier molecular flexibility index (Phi) is 4.53. The molecule has 1 saturated heterocycles. The largest absolute Gasteiger partial charge is 0.379 e. The molecule has 0 spiro atoms. The average Bonchev–Trinajstić information content (AvgIpc) is 2.39. The number of ether oxygens (including phenoxy) is 1. The number of nitrogens with one attached hydrogen (secondary N) is 1. The van der Waals surface area contributed by atoms with Crippen LogP contribution in [0.1, 0.15) is 11.1 Å². The molecule has 4 heteroatoms. The van der Waals surface area contributed by atoms with E-state index in [9.17, 15) is 4.79 Å². The molecule has 0 unspecified atom stereocenters. The predicted octanol–water partition coefficient (Wildman–Crippen LogP) is 0.765. The van der Waals surface area contributed by atoms with Gasteiger partial charge in [0.15, 0.2) is 0 Å². The number of carbonyl (C=O) groups is 1. The second kappa shape index (κ2) is 6.37. The summed E-state index contributed by atoms with van der Waals surface area (Å²) in [5, 5.41) is 2.66. The molecule has 1 aliphatic heterocycles. The van der Waals surface area contributed by atoms with E-state index < -0.39 is 0 Å². The van der Waals surface area contributed by atoms with Crippen molar-refractivity contribution in [2.75, 3.05) is 26.3 Å². The van der Waals surface area contributed by atoms with Crippen LogP contribution in [-0.2, 0) is 22.6 Å². The summed E-state index contributed by atoms with van der Waals surface area (Å²) in [6, 6.07) is 8.37. The number of benzene rings is 1. The van der Waals surface area contributed by atoms with Crippen molar-refractivity contribution in [3.63, 3.8) is 0 Å². The van der Waals surface area contributed by atoms with E-state index in [1.807, 2.05) is 0 Å². The highest BCUT2D eigenvalue weighted by Crippen LogP contribution is 2.09. The van der Waals surface area contributed by atoms with E-state index in [-0.39, 0.29) is 0 Å². The lowest BCUT2D eigenvalue weighted by Gasteiger charge is -2.26. The van der Waals surface area contributed by atoms with E-state index in [2.05, 4.69) is 34.5 Å². The van der Waals surface area contributed by atoms with E-state index in [4.69, 9.17) is 4.74 Å². The molecule has 1 amide bonds. The molecule has 1 fully saturated rings.